The van der Waals surface area contributed by atoms with E-state index >= 15 is 0 Å². The van der Waals surface area contributed by atoms with Gasteiger partial charge in [-0.25, -0.2) is 0 Å². The second-order valence-corrected chi connectivity index (χ2v) is 4.80. The summed E-state index contributed by atoms with van der Waals surface area (Å²) in [5.74, 6) is -0.295. The molecule has 15 heavy (non-hydrogen) atoms. The molecule has 1 aromatic rings. The van der Waals surface area contributed by atoms with Crippen molar-refractivity contribution in [2.24, 2.45) is 0 Å². The van der Waals surface area contributed by atoms with Gasteiger partial charge < -0.3 is 0 Å². The first kappa shape index (κ1) is 10.4. The van der Waals surface area contributed by atoms with Crippen LogP contribution in [-0.2, 0) is 10.2 Å². The number of benzene rings is 1. The van der Waals surface area contributed by atoms with Gasteiger partial charge in [-0.1, -0.05) is 34.5 Å². The highest BCUT2D eigenvalue weighted by Gasteiger charge is 2.45. The minimum absolute atomic E-state index is 0.295. The van der Waals surface area contributed by atoms with Crippen molar-refractivity contribution in [3.05, 3.63) is 34.3 Å². The van der Waals surface area contributed by atoms with Crippen LogP contribution in [-0.4, -0.2) is 5.78 Å². The van der Waals surface area contributed by atoms with Gasteiger partial charge in [-0.3, -0.25) is 4.79 Å². The number of carbonyl (C=O) groups is 1. The van der Waals surface area contributed by atoms with E-state index in [1.807, 2.05) is 24.3 Å². The minimum Gasteiger partial charge on any atom is -0.282 e. The van der Waals surface area contributed by atoms with Crippen LogP contribution >= 0.6 is 15.9 Å². The Balaban J connectivity index is 2.39. The summed E-state index contributed by atoms with van der Waals surface area (Å²) in [6.07, 6.45) is 2.64. The summed E-state index contributed by atoms with van der Waals surface area (Å²) in [5.41, 5.74) is 0.471. The van der Waals surface area contributed by atoms with Crippen LogP contribution in [0.1, 0.15) is 24.8 Å². The fourth-order valence-electron chi connectivity index (χ4n) is 2.05. The van der Waals surface area contributed by atoms with Gasteiger partial charge in [-0.2, -0.15) is 5.26 Å². The molecule has 76 valence electrons. The maximum Gasteiger partial charge on any atom is 0.242 e. The molecule has 0 aliphatic heterocycles. The number of hydrogen-bond acceptors (Lipinski definition) is 2. The molecule has 0 atom stereocenters. The molecule has 2 nitrogen and oxygen atoms in total. The molecule has 0 heterocycles. The molecule has 0 aromatic heterocycles. The molecule has 3 heteroatoms. The lowest BCUT2D eigenvalue weighted by molar-refractivity contribution is -0.122. The van der Waals surface area contributed by atoms with E-state index in [-0.39, 0.29) is 5.78 Å². The average Bonchev–Trinajstić information content (AvgIpc) is 2.19. The Morgan fingerprint density at radius 3 is 2.33 bits per heavy atom. The maximum atomic E-state index is 11.6. The monoisotopic (exact) mass is 263 g/mol. The molecule has 0 unspecified atom stereocenters. The minimum atomic E-state index is -0.505. The van der Waals surface area contributed by atoms with Crippen molar-refractivity contribution in [1.29, 1.82) is 5.26 Å². The number of hydrogen-bond donors (Lipinski definition) is 0. The zero-order valence-corrected chi connectivity index (χ0v) is 9.75. The van der Waals surface area contributed by atoms with Gasteiger partial charge in [0, 0.05) is 4.47 Å². The molecular formula is C12H10BrNO. The Labute approximate surface area is 97.0 Å². The third-order valence-electron chi connectivity index (χ3n) is 3.14. The average molecular weight is 264 g/mol. The summed E-state index contributed by atoms with van der Waals surface area (Å²) < 4.78 is 0.991. The predicted octanol–water partition coefficient (Wildman–Crippen LogP) is 2.96. The number of carbonyl (C=O) groups excluding carboxylic acids is 1. The van der Waals surface area contributed by atoms with Crippen LogP contribution in [0.3, 0.4) is 0 Å². The number of nitriles is 1. The van der Waals surface area contributed by atoms with Crippen molar-refractivity contribution >= 4 is 21.7 Å². The van der Waals surface area contributed by atoms with E-state index in [1.165, 1.54) is 0 Å². The van der Waals surface area contributed by atoms with Crippen molar-refractivity contribution in [3.63, 3.8) is 0 Å². The number of nitrogens with zero attached hydrogens (tertiary/aromatic N) is 1. The fraction of sp³-hybridized carbons (Fsp3) is 0.333. The molecule has 0 saturated heterocycles. The van der Waals surface area contributed by atoms with E-state index in [2.05, 4.69) is 15.9 Å². The molecule has 0 radical (unpaired) electrons. The van der Waals surface area contributed by atoms with Crippen molar-refractivity contribution in [2.45, 2.75) is 24.7 Å². The third-order valence-corrected chi connectivity index (χ3v) is 3.67. The van der Waals surface area contributed by atoms with E-state index < -0.39 is 5.41 Å². The normalized spacial score (nSPS) is 17.6. The van der Waals surface area contributed by atoms with Crippen LogP contribution in [0.15, 0.2) is 28.7 Å². The number of Topliss-reactive ketones (excluding diaryl/α,β-unsaturated/α-hetero) is 1. The quantitative estimate of drug-likeness (QED) is 0.770. The topological polar surface area (TPSA) is 40.9 Å². The lowest BCUT2D eigenvalue weighted by atomic mass is 9.62. The Hall–Kier alpha value is -1.14. The molecule has 1 aliphatic carbocycles. The Bertz CT molecular complexity index is 426. The summed E-state index contributed by atoms with van der Waals surface area (Å²) in [6.45, 7) is 0. The van der Waals surface area contributed by atoms with E-state index in [1.54, 1.807) is 6.07 Å². The van der Waals surface area contributed by atoms with Crippen LogP contribution in [0.25, 0.3) is 0 Å². The third kappa shape index (κ3) is 1.59. The highest BCUT2D eigenvalue weighted by atomic mass is 79.9. The molecule has 1 saturated carbocycles. The van der Waals surface area contributed by atoms with Crippen molar-refractivity contribution in [3.8, 4) is 6.07 Å². The van der Waals surface area contributed by atoms with Gasteiger partial charge in [-0.05, 0) is 30.5 Å². The summed E-state index contributed by atoms with van der Waals surface area (Å²) in [4.78, 5) is 11.6. The van der Waals surface area contributed by atoms with Crippen molar-refractivity contribution in [1.82, 2.24) is 0 Å². The second kappa shape index (κ2) is 3.79. The van der Waals surface area contributed by atoms with Gasteiger partial charge in [-0.15, -0.1) is 0 Å². The van der Waals surface area contributed by atoms with Gasteiger partial charge in [0.1, 0.15) is 6.07 Å². The van der Waals surface area contributed by atoms with Gasteiger partial charge in [0.15, 0.2) is 0 Å². The van der Waals surface area contributed by atoms with Crippen LogP contribution in [0.2, 0.25) is 0 Å². The summed E-state index contributed by atoms with van der Waals surface area (Å²) >= 11 is 3.36. The summed E-state index contributed by atoms with van der Waals surface area (Å²) in [6, 6.07) is 9.46. The molecule has 0 spiro atoms. The molecule has 0 N–H and O–H groups in total. The van der Waals surface area contributed by atoms with E-state index in [9.17, 15) is 4.79 Å². The molecule has 1 aliphatic rings. The largest absolute Gasteiger partial charge is 0.282 e. The first-order valence-electron chi connectivity index (χ1n) is 4.90. The fourth-order valence-corrected chi connectivity index (χ4v) is 2.32. The molecule has 1 aromatic carbocycles. The van der Waals surface area contributed by atoms with E-state index in [0.29, 0.717) is 0 Å². The molecule has 0 amide bonds. The number of ketones is 1. The zero-order valence-electron chi connectivity index (χ0n) is 8.16. The first-order valence-corrected chi connectivity index (χ1v) is 5.69. The highest BCUT2D eigenvalue weighted by molar-refractivity contribution is 9.10. The van der Waals surface area contributed by atoms with Gasteiger partial charge in [0.05, 0.1) is 5.41 Å². The molecular weight excluding hydrogens is 254 g/mol. The maximum absolute atomic E-state index is 11.6. The Morgan fingerprint density at radius 2 is 1.93 bits per heavy atom. The lowest BCUT2D eigenvalue weighted by Gasteiger charge is -2.38. The van der Waals surface area contributed by atoms with Crippen molar-refractivity contribution < 1.29 is 4.79 Å². The van der Waals surface area contributed by atoms with E-state index in [4.69, 9.17) is 5.26 Å². The van der Waals surface area contributed by atoms with Gasteiger partial charge in [0.25, 0.3) is 0 Å². The number of rotatable bonds is 2. The Kier molecular flexibility index (Phi) is 2.62. The highest BCUT2D eigenvalue weighted by Crippen LogP contribution is 2.44. The van der Waals surface area contributed by atoms with Crippen LogP contribution < -0.4 is 0 Å². The number of halogens is 1. The lowest BCUT2D eigenvalue weighted by Crippen LogP contribution is -2.41. The predicted molar refractivity (Wildman–Crippen MR) is 60.3 cm³/mol. The van der Waals surface area contributed by atoms with Gasteiger partial charge in [0.2, 0.25) is 5.78 Å². The second-order valence-electron chi connectivity index (χ2n) is 3.88. The van der Waals surface area contributed by atoms with Crippen LogP contribution in [0.4, 0.5) is 0 Å². The Morgan fingerprint density at radius 1 is 1.33 bits per heavy atom. The molecule has 2 rings (SSSR count). The van der Waals surface area contributed by atoms with Crippen LogP contribution in [0, 0.1) is 11.3 Å². The SMILES string of the molecule is N#CC(=O)C1(c2ccc(Br)cc2)CCC1. The first-order chi connectivity index (χ1) is 7.19. The molecule has 0 bridgehead atoms. The van der Waals surface area contributed by atoms with Gasteiger partial charge >= 0.3 is 0 Å². The molecule has 1 fully saturated rings. The van der Waals surface area contributed by atoms with Crippen molar-refractivity contribution in [2.75, 3.05) is 0 Å². The summed E-state index contributed by atoms with van der Waals surface area (Å²) in [5, 5.41) is 8.74. The zero-order chi connectivity index (χ0) is 10.9. The summed E-state index contributed by atoms with van der Waals surface area (Å²) in [7, 11) is 0. The smallest absolute Gasteiger partial charge is 0.242 e. The van der Waals surface area contributed by atoms with Crippen LogP contribution in [0.5, 0.6) is 0 Å². The standard InChI is InChI=1S/C12H10BrNO/c13-10-4-2-9(3-5-10)12(6-1-7-12)11(15)8-14/h2-5H,1,6-7H2. The van der Waals surface area contributed by atoms with E-state index in [0.717, 1.165) is 29.3 Å².